The van der Waals surface area contributed by atoms with Gasteiger partial charge in [-0.2, -0.15) is 5.26 Å². The molecule has 0 aliphatic carbocycles. The van der Waals surface area contributed by atoms with Crippen LogP contribution in [-0.4, -0.2) is 11.3 Å². The number of para-hydroxylation sites is 1. The van der Waals surface area contributed by atoms with E-state index in [2.05, 4.69) is 216 Å². The number of nitrogens with zero attached hydrogens (tertiary/aromatic N) is 4. The SMILES string of the molecule is CC(C)(C)c1cc2c3c(c1)-n1c4ccc(C(C)(C)C)cc4c4cc(C(C)(C)C)cc(c41)N3c1cc(C#N)cc3c1B2c1oc2ccc(-c4ccccc4)cc2c1N3c1ccc2oc3ccccc3c2c1. The van der Waals surface area contributed by atoms with E-state index in [0.29, 0.717) is 5.56 Å². The quantitative estimate of drug-likeness (QED) is 0.162. The number of anilines is 6. The minimum atomic E-state index is -0.306. The maximum absolute atomic E-state index is 11.2. The number of hydrogen-bond acceptors (Lipinski definition) is 5. The van der Waals surface area contributed by atoms with Crippen LogP contribution in [0.5, 0.6) is 0 Å². The standard InChI is InChI=1S/C63H51BN4O2/c1-61(2,3)38-20-22-48-43(28-38)45-29-39(62(4,5)6)31-51-57(45)67(48)52-32-40(63(7,8)9)30-47-59(52)68(51)50-26-35(34-65)25-49-56(50)64(47)60-58(46-27-37(19-23-55(46)70-60)36-15-11-10-12-16-36)66(49)41-21-24-54-44(33-41)42-17-13-14-18-53(42)69-54/h10-33H,1-9H3. The summed E-state index contributed by atoms with van der Waals surface area (Å²) >= 11 is 0. The van der Waals surface area contributed by atoms with Crippen molar-refractivity contribution in [2.45, 2.75) is 78.6 Å². The molecule has 7 heteroatoms. The van der Waals surface area contributed by atoms with Gasteiger partial charge < -0.3 is 23.2 Å². The molecule has 0 amide bonds. The number of rotatable bonds is 2. The highest BCUT2D eigenvalue weighted by atomic mass is 16.3. The van der Waals surface area contributed by atoms with Crippen LogP contribution < -0.4 is 26.4 Å². The number of aromatic nitrogens is 1. The van der Waals surface area contributed by atoms with Crippen molar-refractivity contribution in [2.75, 3.05) is 9.80 Å². The summed E-state index contributed by atoms with van der Waals surface area (Å²) in [5, 5.41) is 16.8. The smallest absolute Gasteiger partial charge is 0.297 e. The van der Waals surface area contributed by atoms with Crippen molar-refractivity contribution in [1.82, 2.24) is 4.57 Å². The third-order valence-electron chi connectivity index (χ3n) is 15.5. The Morgan fingerprint density at radius 1 is 0.471 bits per heavy atom. The van der Waals surface area contributed by atoms with Crippen LogP contribution in [0.15, 0.2) is 154 Å². The average molecular weight is 907 g/mol. The summed E-state index contributed by atoms with van der Waals surface area (Å²) in [6.45, 7) is 20.5. The fourth-order valence-electron chi connectivity index (χ4n) is 11.9. The molecule has 0 unspecified atom stereocenters. The number of hydrogen-bond donors (Lipinski definition) is 0. The van der Waals surface area contributed by atoms with E-state index >= 15 is 0 Å². The van der Waals surface area contributed by atoms with Gasteiger partial charge >= 0.3 is 0 Å². The molecule has 14 rings (SSSR count). The Balaban J connectivity index is 1.16. The third-order valence-corrected chi connectivity index (χ3v) is 15.5. The van der Waals surface area contributed by atoms with E-state index in [1.165, 1.54) is 44.0 Å². The maximum atomic E-state index is 11.2. The molecule has 70 heavy (non-hydrogen) atoms. The molecule has 0 spiro atoms. The highest BCUT2D eigenvalue weighted by molar-refractivity contribution is 7.00. The lowest BCUT2D eigenvalue weighted by Crippen LogP contribution is -2.61. The largest absolute Gasteiger partial charge is 0.468 e. The predicted octanol–water partition coefficient (Wildman–Crippen LogP) is 15.3. The first-order valence-corrected chi connectivity index (χ1v) is 24.6. The van der Waals surface area contributed by atoms with Crippen LogP contribution in [0.2, 0.25) is 0 Å². The van der Waals surface area contributed by atoms with Crippen molar-refractivity contribution >= 4 is 112 Å². The summed E-state index contributed by atoms with van der Waals surface area (Å²) in [4.78, 5) is 4.89. The number of fused-ring (bicyclic) bond motifs is 14. The Labute approximate surface area is 408 Å². The second-order valence-electron chi connectivity index (χ2n) is 23.0. The Hall–Kier alpha value is -7.95. The van der Waals surface area contributed by atoms with E-state index in [1.54, 1.807) is 0 Å². The molecule has 0 atom stereocenters. The van der Waals surface area contributed by atoms with Gasteiger partial charge in [-0.05, 0) is 134 Å². The average Bonchev–Trinajstić information content (AvgIpc) is 4.02. The molecule has 0 saturated heterocycles. The molecule has 0 N–H and O–H groups in total. The number of furan rings is 2. The normalized spacial score (nSPS) is 14.0. The van der Waals surface area contributed by atoms with Gasteiger partial charge in [-0.3, -0.25) is 0 Å². The molecule has 338 valence electrons. The van der Waals surface area contributed by atoms with E-state index in [-0.39, 0.29) is 23.0 Å². The van der Waals surface area contributed by atoms with Gasteiger partial charge in [-0.25, -0.2) is 0 Å². The van der Waals surface area contributed by atoms with Crippen molar-refractivity contribution in [3.05, 3.63) is 168 Å². The van der Waals surface area contributed by atoms with Crippen LogP contribution in [0.25, 0.3) is 71.5 Å². The summed E-state index contributed by atoms with van der Waals surface area (Å²) < 4.78 is 16.4. The maximum Gasteiger partial charge on any atom is 0.297 e. The fraction of sp³-hybridized carbons (Fsp3) is 0.190. The van der Waals surface area contributed by atoms with Crippen molar-refractivity contribution in [2.24, 2.45) is 0 Å². The highest BCUT2D eigenvalue weighted by Crippen LogP contribution is 2.55. The first-order valence-electron chi connectivity index (χ1n) is 24.6. The predicted molar refractivity (Wildman–Crippen MR) is 292 cm³/mol. The molecule has 3 aromatic heterocycles. The van der Waals surface area contributed by atoms with E-state index in [9.17, 15) is 5.26 Å². The van der Waals surface area contributed by atoms with Crippen molar-refractivity contribution in [1.29, 1.82) is 5.26 Å². The van der Waals surface area contributed by atoms with Crippen LogP contribution in [0.3, 0.4) is 0 Å². The fourth-order valence-corrected chi connectivity index (χ4v) is 11.9. The van der Waals surface area contributed by atoms with E-state index in [4.69, 9.17) is 8.83 Å². The summed E-state index contributed by atoms with van der Waals surface area (Å²) in [5.41, 5.74) is 21.6. The highest BCUT2D eigenvalue weighted by Gasteiger charge is 2.50. The Bertz CT molecular complexity index is 4160. The molecule has 0 radical (unpaired) electrons. The third kappa shape index (κ3) is 5.56. The molecule has 3 aliphatic heterocycles. The van der Waals surface area contributed by atoms with Gasteiger partial charge in [0, 0.05) is 44.0 Å². The van der Waals surface area contributed by atoms with Gasteiger partial charge in [-0.15, -0.1) is 0 Å². The van der Waals surface area contributed by atoms with Crippen LogP contribution >= 0.6 is 0 Å². The summed E-state index contributed by atoms with van der Waals surface area (Å²) in [6.07, 6.45) is 0. The van der Waals surface area contributed by atoms with Gasteiger partial charge in [0.05, 0.1) is 51.1 Å². The first kappa shape index (κ1) is 41.1. The number of nitriles is 1. The Kier molecular flexibility index (Phi) is 8.00. The molecule has 6 nitrogen and oxygen atoms in total. The topological polar surface area (TPSA) is 61.5 Å². The molecule has 0 saturated carbocycles. The Morgan fingerprint density at radius 2 is 1.13 bits per heavy atom. The monoisotopic (exact) mass is 906 g/mol. The van der Waals surface area contributed by atoms with Crippen molar-refractivity contribution < 1.29 is 8.83 Å². The Morgan fingerprint density at radius 3 is 1.89 bits per heavy atom. The zero-order valence-electron chi connectivity index (χ0n) is 41.0. The molecule has 6 heterocycles. The minimum absolute atomic E-state index is 0.0362. The van der Waals surface area contributed by atoms with Crippen molar-refractivity contribution in [3.8, 4) is 22.9 Å². The molecule has 11 aromatic rings. The van der Waals surface area contributed by atoms with Gasteiger partial charge in [-0.1, -0.05) is 129 Å². The van der Waals surface area contributed by atoms with Gasteiger partial charge in [0.15, 0.2) is 0 Å². The summed E-state index contributed by atoms with van der Waals surface area (Å²) in [6, 6.07) is 55.7. The van der Waals surface area contributed by atoms with E-state index < -0.39 is 0 Å². The molecule has 3 aliphatic rings. The minimum Gasteiger partial charge on any atom is -0.468 e. The zero-order chi connectivity index (χ0) is 47.9. The van der Waals surface area contributed by atoms with E-state index in [0.717, 1.165) is 95.0 Å². The lowest BCUT2D eigenvalue weighted by Gasteiger charge is -2.45. The molecule has 0 bridgehead atoms. The van der Waals surface area contributed by atoms with Gasteiger partial charge in [0.2, 0.25) is 0 Å². The molecule has 0 fully saturated rings. The second-order valence-corrected chi connectivity index (χ2v) is 23.0. The van der Waals surface area contributed by atoms with Crippen LogP contribution in [0.1, 0.15) is 84.6 Å². The molecule has 8 aromatic carbocycles. The van der Waals surface area contributed by atoms with Crippen LogP contribution in [0.4, 0.5) is 34.1 Å². The lowest BCUT2D eigenvalue weighted by atomic mass is 9.35. The zero-order valence-corrected chi connectivity index (χ0v) is 41.0. The van der Waals surface area contributed by atoms with Crippen molar-refractivity contribution in [3.63, 3.8) is 0 Å². The van der Waals surface area contributed by atoms with Crippen LogP contribution in [-0.2, 0) is 16.2 Å². The second kappa shape index (κ2) is 13.6. The molecular weight excluding hydrogens is 856 g/mol. The van der Waals surface area contributed by atoms with Crippen LogP contribution in [0, 0.1) is 11.3 Å². The number of benzene rings is 8. The first-order chi connectivity index (χ1) is 33.5. The lowest BCUT2D eigenvalue weighted by molar-refractivity contribution is 0.590. The van der Waals surface area contributed by atoms with E-state index in [1.807, 2.05) is 12.1 Å². The molecular formula is C63H51BN4O2. The summed E-state index contributed by atoms with van der Waals surface area (Å²) in [5.74, 6) is 0. The van der Waals surface area contributed by atoms with Gasteiger partial charge in [0.1, 0.15) is 16.7 Å². The summed E-state index contributed by atoms with van der Waals surface area (Å²) in [7, 11) is 0. The van der Waals surface area contributed by atoms with Gasteiger partial charge in [0.25, 0.3) is 6.71 Å².